The largest absolute Gasteiger partial charge is 0.497 e. The minimum atomic E-state index is -1.37. The molecule has 3 rings (SSSR count). The van der Waals surface area contributed by atoms with Gasteiger partial charge in [-0.05, 0) is 12.1 Å². The van der Waals surface area contributed by atoms with E-state index in [1.165, 1.54) is 6.92 Å². The smallest absolute Gasteiger partial charge is 0.321 e. The van der Waals surface area contributed by atoms with Gasteiger partial charge in [-0.1, -0.05) is 12.1 Å². The molecule has 2 heterocycles. The molecule has 0 aliphatic carbocycles. The fraction of sp³-hybridized carbons (Fsp3) is 0.562. The molecule has 1 aromatic carbocycles. The van der Waals surface area contributed by atoms with Crippen molar-refractivity contribution in [3.63, 3.8) is 0 Å². The summed E-state index contributed by atoms with van der Waals surface area (Å²) in [5.41, 5.74) is 3.06. The third-order valence-corrected chi connectivity index (χ3v) is 4.11. The normalized spacial score (nSPS) is 34.9. The zero-order valence-corrected chi connectivity index (χ0v) is 13.8. The predicted octanol–water partition coefficient (Wildman–Crippen LogP) is -0.376. The first kappa shape index (κ1) is 18.1. The van der Waals surface area contributed by atoms with Crippen LogP contribution in [0.1, 0.15) is 18.8 Å². The second-order valence-corrected chi connectivity index (χ2v) is 5.83. The number of ether oxygens (including phenoxy) is 4. The molecule has 25 heavy (non-hydrogen) atoms. The molecule has 0 radical (unpaired) electrons. The van der Waals surface area contributed by atoms with E-state index < -0.39 is 42.9 Å². The number of aliphatic hydroxyl groups excluding tert-OH is 2. The summed E-state index contributed by atoms with van der Waals surface area (Å²) < 4.78 is 21.9. The highest BCUT2D eigenvalue weighted by atomic mass is 16.7. The van der Waals surface area contributed by atoms with E-state index in [2.05, 4.69) is 10.3 Å². The number of benzene rings is 1. The molecular formula is C16H21NO8. The zero-order chi connectivity index (χ0) is 18.0. The maximum Gasteiger partial charge on any atom is 0.321 e. The molecule has 0 spiro atoms. The van der Waals surface area contributed by atoms with Crippen LogP contribution in [0.2, 0.25) is 0 Å². The van der Waals surface area contributed by atoms with Crippen LogP contribution in [0.25, 0.3) is 0 Å². The number of rotatable bonds is 4. The van der Waals surface area contributed by atoms with E-state index in [4.69, 9.17) is 18.9 Å². The van der Waals surface area contributed by atoms with E-state index in [9.17, 15) is 15.0 Å². The Kier molecular flexibility index (Phi) is 5.52. The van der Waals surface area contributed by atoms with Gasteiger partial charge < -0.3 is 34.0 Å². The Bertz CT molecular complexity index is 594. The number of hydrogen-bond acceptors (Lipinski definition) is 9. The van der Waals surface area contributed by atoms with Crippen molar-refractivity contribution in [1.82, 2.24) is 5.48 Å². The Morgan fingerprint density at radius 3 is 2.60 bits per heavy atom. The quantitative estimate of drug-likeness (QED) is 0.622. The molecular weight excluding hydrogens is 334 g/mol. The number of aliphatic hydroxyl groups is 2. The zero-order valence-electron chi connectivity index (χ0n) is 13.8. The van der Waals surface area contributed by atoms with Crippen molar-refractivity contribution < 1.29 is 38.8 Å². The molecule has 138 valence electrons. The van der Waals surface area contributed by atoms with Crippen molar-refractivity contribution in [1.29, 1.82) is 0 Å². The van der Waals surface area contributed by atoms with Crippen molar-refractivity contribution in [2.75, 3.05) is 13.7 Å². The average molecular weight is 355 g/mol. The second-order valence-electron chi connectivity index (χ2n) is 5.83. The highest BCUT2D eigenvalue weighted by Gasteiger charge is 2.49. The first-order chi connectivity index (χ1) is 12.0. The van der Waals surface area contributed by atoms with Crippen molar-refractivity contribution in [2.45, 2.75) is 43.9 Å². The van der Waals surface area contributed by atoms with Crippen LogP contribution in [0, 0.1) is 0 Å². The number of hydroxylamine groups is 1. The van der Waals surface area contributed by atoms with Crippen molar-refractivity contribution in [3.8, 4) is 5.75 Å². The van der Waals surface area contributed by atoms with E-state index >= 15 is 0 Å². The van der Waals surface area contributed by atoms with Gasteiger partial charge in [-0.2, -0.15) is 0 Å². The lowest BCUT2D eigenvalue weighted by atomic mass is 9.96. The topological polar surface area (TPSA) is 116 Å². The molecule has 0 aromatic heterocycles. The average Bonchev–Trinajstić information content (AvgIpc) is 2.61. The van der Waals surface area contributed by atoms with Crippen LogP contribution in [0.15, 0.2) is 24.3 Å². The van der Waals surface area contributed by atoms with E-state index in [0.29, 0.717) is 5.75 Å². The number of carbonyl (C=O) groups excluding carboxylic acids is 1. The monoisotopic (exact) mass is 355 g/mol. The molecule has 1 aromatic rings. The van der Waals surface area contributed by atoms with E-state index in [0.717, 1.165) is 5.56 Å². The van der Waals surface area contributed by atoms with Gasteiger partial charge in [0.1, 0.15) is 30.1 Å². The summed E-state index contributed by atoms with van der Waals surface area (Å²) in [5, 5.41) is 20.5. The predicted molar refractivity (Wildman–Crippen MR) is 82.1 cm³/mol. The van der Waals surface area contributed by atoms with Crippen LogP contribution >= 0.6 is 0 Å². The van der Waals surface area contributed by atoms with Gasteiger partial charge in [0, 0.05) is 12.5 Å². The lowest BCUT2D eigenvalue weighted by Gasteiger charge is -2.46. The van der Waals surface area contributed by atoms with Gasteiger partial charge >= 0.3 is 5.97 Å². The van der Waals surface area contributed by atoms with Crippen molar-refractivity contribution in [3.05, 3.63) is 29.8 Å². The Balaban J connectivity index is 1.69. The van der Waals surface area contributed by atoms with E-state index in [1.54, 1.807) is 31.4 Å². The first-order valence-corrected chi connectivity index (χ1v) is 7.85. The van der Waals surface area contributed by atoms with Crippen LogP contribution in [-0.4, -0.2) is 60.5 Å². The van der Waals surface area contributed by atoms with Crippen molar-refractivity contribution >= 4 is 5.97 Å². The molecule has 0 saturated carbocycles. The fourth-order valence-corrected chi connectivity index (χ4v) is 2.82. The first-order valence-electron chi connectivity index (χ1n) is 7.85. The Labute approximate surface area is 144 Å². The molecule has 2 aliphatic heterocycles. The molecule has 0 bridgehead atoms. The van der Waals surface area contributed by atoms with Crippen LogP contribution < -0.4 is 10.2 Å². The molecule has 0 unspecified atom stereocenters. The molecule has 3 N–H and O–H groups in total. The number of hydrogen-bond donors (Lipinski definition) is 3. The van der Waals surface area contributed by atoms with Crippen molar-refractivity contribution in [2.24, 2.45) is 0 Å². The van der Waals surface area contributed by atoms with Gasteiger partial charge in [-0.15, -0.1) is 5.48 Å². The summed E-state index contributed by atoms with van der Waals surface area (Å²) in [6.07, 6.45) is -4.65. The van der Waals surface area contributed by atoms with Gasteiger partial charge in [0.15, 0.2) is 12.6 Å². The highest BCUT2D eigenvalue weighted by molar-refractivity contribution is 5.65. The Morgan fingerprint density at radius 1 is 1.24 bits per heavy atom. The summed E-state index contributed by atoms with van der Waals surface area (Å²) in [7, 11) is 1.57. The lowest BCUT2D eigenvalue weighted by molar-refractivity contribution is -0.343. The number of carbonyl (C=O) groups is 1. The molecule has 9 heteroatoms. The Morgan fingerprint density at radius 2 is 1.96 bits per heavy atom. The number of nitrogens with one attached hydrogen (secondary N) is 1. The summed E-state index contributed by atoms with van der Waals surface area (Å²) in [6, 6.07) is 6.10. The molecule has 2 saturated heterocycles. The van der Waals surface area contributed by atoms with E-state index in [1.807, 2.05) is 0 Å². The standard InChI is InChI=1S/C16H21NO8/c1-8(18)25-17-12-13(19)14-11(23-15(12)20)7-22-16(24-14)9-3-5-10(21-2)6-4-9/h3-6,11-17,19-20H,7H2,1-2H3/t11-,12-,13-,14-,15+,16+/m1/s1. The molecule has 0 amide bonds. The summed E-state index contributed by atoms with van der Waals surface area (Å²) >= 11 is 0. The van der Waals surface area contributed by atoms with Gasteiger partial charge in [0.05, 0.1) is 13.7 Å². The van der Waals surface area contributed by atoms with E-state index in [-0.39, 0.29) is 6.61 Å². The SMILES string of the molecule is COc1ccc([C@H]2OC[C@H]3O[C@H](O)[C@H](NOC(C)=O)[C@@H](O)[C@@H]3O2)cc1. The van der Waals surface area contributed by atoms with Gasteiger partial charge in [0.2, 0.25) is 0 Å². The maximum atomic E-state index is 10.9. The van der Waals surface area contributed by atoms with Crippen LogP contribution in [0.3, 0.4) is 0 Å². The fourth-order valence-electron chi connectivity index (χ4n) is 2.82. The van der Waals surface area contributed by atoms with Gasteiger partial charge in [-0.3, -0.25) is 4.79 Å². The maximum absolute atomic E-state index is 10.9. The summed E-state index contributed by atoms with van der Waals surface area (Å²) in [4.78, 5) is 15.6. The molecule has 2 fully saturated rings. The Hall–Kier alpha value is -1.75. The number of fused-ring (bicyclic) bond motifs is 1. The molecule has 6 atom stereocenters. The summed E-state index contributed by atoms with van der Waals surface area (Å²) in [5.74, 6) is 0.0952. The van der Waals surface area contributed by atoms with Gasteiger partial charge in [-0.25, -0.2) is 0 Å². The molecule has 2 aliphatic rings. The number of methoxy groups -OCH3 is 1. The minimum Gasteiger partial charge on any atom is -0.497 e. The summed E-state index contributed by atoms with van der Waals surface area (Å²) in [6.45, 7) is 1.33. The van der Waals surface area contributed by atoms with Crippen LogP contribution in [0.4, 0.5) is 0 Å². The third-order valence-electron chi connectivity index (χ3n) is 4.11. The van der Waals surface area contributed by atoms with Gasteiger partial charge in [0.25, 0.3) is 0 Å². The van der Waals surface area contributed by atoms with Crippen LogP contribution in [0.5, 0.6) is 5.75 Å². The molecule has 9 nitrogen and oxygen atoms in total. The second kappa shape index (κ2) is 7.65. The highest BCUT2D eigenvalue weighted by Crippen LogP contribution is 2.34. The minimum absolute atomic E-state index is 0.135. The lowest BCUT2D eigenvalue weighted by Crippen LogP contribution is -2.65. The third kappa shape index (κ3) is 3.92. The van der Waals surface area contributed by atoms with Crippen LogP contribution in [-0.2, 0) is 23.8 Å².